The first-order valence-corrected chi connectivity index (χ1v) is 8.72. The average molecular weight is 382 g/mol. The van der Waals surface area contributed by atoms with Crippen LogP contribution in [0.1, 0.15) is 16.8 Å². The Balaban J connectivity index is 1.80. The summed E-state index contributed by atoms with van der Waals surface area (Å²) < 4.78 is 19.8. The number of rotatable bonds is 4. The molecule has 136 valence electrons. The second-order valence-corrected chi connectivity index (χ2v) is 6.30. The third kappa shape index (κ3) is 4.85. The number of aromatic nitrogens is 1. The van der Waals surface area contributed by atoms with Gasteiger partial charge in [-0.2, -0.15) is 0 Å². The molecule has 5 heteroatoms. The molecule has 0 atom stereocenters. The van der Waals surface area contributed by atoms with Gasteiger partial charge in [-0.05, 0) is 60.4 Å². The maximum Gasteiger partial charge on any atom is 0.158 e. The molecule has 0 aliphatic rings. The van der Waals surface area contributed by atoms with E-state index >= 15 is 0 Å². The van der Waals surface area contributed by atoms with Crippen molar-refractivity contribution in [2.24, 2.45) is 0 Å². The van der Waals surface area contributed by atoms with Crippen LogP contribution >= 0.6 is 11.6 Å². The van der Waals surface area contributed by atoms with Crippen LogP contribution in [0, 0.1) is 24.6 Å². The van der Waals surface area contributed by atoms with Crippen molar-refractivity contribution in [2.45, 2.75) is 6.92 Å². The highest BCUT2D eigenvalue weighted by atomic mass is 35.5. The summed E-state index contributed by atoms with van der Waals surface area (Å²) in [5.74, 6) is 5.90. The Labute approximate surface area is 162 Å². The molecule has 0 aliphatic carbocycles. The minimum absolute atomic E-state index is 0.0437. The van der Waals surface area contributed by atoms with Gasteiger partial charge in [-0.3, -0.25) is 0 Å². The Morgan fingerprint density at radius 3 is 2.52 bits per heavy atom. The van der Waals surface area contributed by atoms with Gasteiger partial charge in [0.15, 0.2) is 5.82 Å². The topological polar surface area (TPSA) is 42.4 Å². The van der Waals surface area contributed by atoms with E-state index in [9.17, 15) is 4.39 Å². The molecule has 0 aliphatic heterocycles. The summed E-state index contributed by atoms with van der Waals surface area (Å²) in [7, 11) is 0. The van der Waals surface area contributed by atoms with Gasteiger partial charge in [0.1, 0.15) is 18.1 Å². The SMILES string of the molecule is Cc1cc(C#Cc2ncc(-c3ccc(Cl)cc3)cc2F)ccc1OCCO. The second kappa shape index (κ2) is 8.68. The van der Waals surface area contributed by atoms with Gasteiger partial charge in [-0.25, -0.2) is 9.37 Å². The first kappa shape index (κ1) is 18.9. The molecule has 3 aromatic rings. The van der Waals surface area contributed by atoms with Crippen molar-refractivity contribution in [1.82, 2.24) is 4.98 Å². The number of halogens is 2. The molecule has 1 heterocycles. The molecule has 0 saturated carbocycles. The third-order valence-electron chi connectivity index (χ3n) is 3.87. The van der Waals surface area contributed by atoms with E-state index in [2.05, 4.69) is 16.8 Å². The highest BCUT2D eigenvalue weighted by molar-refractivity contribution is 6.30. The number of aliphatic hydroxyl groups excluding tert-OH is 1. The fourth-order valence-electron chi connectivity index (χ4n) is 2.51. The van der Waals surface area contributed by atoms with Gasteiger partial charge >= 0.3 is 0 Å². The average Bonchev–Trinajstić information content (AvgIpc) is 2.67. The second-order valence-electron chi connectivity index (χ2n) is 5.86. The number of nitrogens with zero attached hydrogens (tertiary/aromatic N) is 1. The van der Waals surface area contributed by atoms with E-state index in [1.807, 2.05) is 25.1 Å². The van der Waals surface area contributed by atoms with Crippen molar-refractivity contribution in [3.05, 3.63) is 82.4 Å². The van der Waals surface area contributed by atoms with Crippen LogP contribution in [0.25, 0.3) is 11.1 Å². The molecule has 0 saturated heterocycles. The van der Waals surface area contributed by atoms with E-state index in [4.69, 9.17) is 21.4 Å². The number of pyridine rings is 1. The van der Waals surface area contributed by atoms with Gasteiger partial charge < -0.3 is 9.84 Å². The monoisotopic (exact) mass is 381 g/mol. The molecule has 27 heavy (non-hydrogen) atoms. The predicted octanol–water partition coefficient (Wildman–Crippen LogP) is 4.62. The van der Waals surface area contributed by atoms with Crippen LogP contribution < -0.4 is 4.74 Å². The van der Waals surface area contributed by atoms with Crippen molar-refractivity contribution in [1.29, 1.82) is 0 Å². The number of hydrogen-bond acceptors (Lipinski definition) is 3. The van der Waals surface area contributed by atoms with Crippen LogP contribution in [0.4, 0.5) is 4.39 Å². The summed E-state index contributed by atoms with van der Waals surface area (Å²) in [5.41, 5.74) is 3.20. The van der Waals surface area contributed by atoms with Gasteiger partial charge in [0.2, 0.25) is 0 Å². The quantitative estimate of drug-likeness (QED) is 0.670. The highest BCUT2D eigenvalue weighted by Gasteiger charge is 2.05. The van der Waals surface area contributed by atoms with Crippen molar-refractivity contribution < 1.29 is 14.2 Å². The predicted molar refractivity (Wildman–Crippen MR) is 104 cm³/mol. The van der Waals surface area contributed by atoms with Gasteiger partial charge in [-0.15, -0.1) is 0 Å². The summed E-state index contributed by atoms with van der Waals surface area (Å²) in [6, 6.07) is 13.9. The van der Waals surface area contributed by atoms with E-state index in [1.165, 1.54) is 6.07 Å². The lowest BCUT2D eigenvalue weighted by Gasteiger charge is -2.07. The van der Waals surface area contributed by atoms with Gasteiger partial charge in [-0.1, -0.05) is 29.7 Å². The van der Waals surface area contributed by atoms with Crippen LogP contribution in [-0.4, -0.2) is 23.3 Å². The Kier molecular flexibility index (Phi) is 6.08. The molecule has 1 aromatic heterocycles. The van der Waals surface area contributed by atoms with Crippen LogP contribution in [0.5, 0.6) is 5.75 Å². The largest absolute Gasteiger partial charge is 0.491 e. The standard InChI is InChI=1S/C22H17ClFNO2/c1-15-12-16(3-9-22(15)27-11-10-26)2-8-21-20(24)13-18(14-25-21)17-4-6-19(23)7-5-17/h3-7,9,12-14,26H,10-11H2,1H3. The summed E-state index contributed by atoms with van der Waals surface area (Å²) in [5, 5.41) is 9.44. The van der Waals surface area contributed by atoms with Gasteiger partial charge in [0, 0.05) is 22.3 Å². The van der Waals surface area contributed by atoms with Crippen LogP contribution in [0.15, 0.2) is 54.7 Å². The summed E-state index contributed by atoms with van der Waals surface area (Å²) in [6.07, 6.45) is 1.59. The van der Waals surface area contributed by atoms with E-state index in [0.717, 1.165) is 16.7 Å². The van der Waals surface area contributed by atoms with Gasteiger partial charge in [0.05, 0.1) is 6.61 Å². The lowest BCUT2D eigenvalue weighted by atomic mass is 10.1. The smallest absolute Gasteiger partial charge is 0.158 e. The minimum atomic E-state index is -0.477. The molecule has 0 unspecified atom stereocenters. The number of ether oxygens (including phenoxy) is 1. The Morgan fingerprint density at radius 2 is 1.85 bits per heavy atom. The molecule has 0 amide bonds. The molecule has 3 nitrogen and oxygen atoms in total. The van der Waals surface area contributed by atoms with Crippen molar-refractivity contribution in [3.63, 3.8) is 0 Å². The number of benzene rings is 2. The van der Waals surface area contributed by atoms with E-state index in [1.54, 1.807) is 30.5 Å². The molecule has 0 fully saturated rings. The van der Waals surface area contributed by atoms with E-state index in [-0.39, 0.29) is 18.9 Å². The number of hydrogen-bond donors (Lipinski definition) is 1. The van der Waals surface area contributed by atoms with Crippen molar-refractivity contribution in [2.75, 3.05) is 13.2 Å². The fourth-order valence-corrected chi connectivity index (χ4v) is 2.63. The minimum Gasteiger partial charge on any atom is -0.491 e. The molecule has 0 radical (unpaired) electrons. The first-order valence-electron chi connectivity index (χ1n) is 8.34. The molecule has 0 spiro atoms. The Hall–Kier alpha value is -2.87. The molecular formula is C22H17ClFNO2. The fraction of sp³-hybridized carbons (Fsp3) is 0.136. The maximum atomic E-state index is 14.4. The Morgan fingerprint density at radius 1 is 1.07 bits per heavy atom. The van der Waals surface area contributed by atoms with E-state index in [0.29, 0.717) is 16.3 Å². The summed E-state index contributed by atoms with van der Waals surface area (Å²) in [4.78, 5) is 4.14. The molecule has 1 N–H and O–H groups in total. The molecular weight excluding hydrogens is 365 g/mol. The van der Waals surface area contributed by atoms with E-state index < -0.39 is 5.82 Å². The van der Waals surface area contributed by atoms with Gasteiger partial charge in [0.25, 0.3) is 0 Å². The lowest BCUT2D eigenvalue weighted by Crippen LogP contribution is -2.02. The zero-order valence-corrected chi connectivity index (χ0v) is 15.4. The zero-order chi connectivity index (χ0) is 19.2. The van der Waals surface area contributed by atoms with Crippen LogP contribution in [0.3, 0.4) is 0 Å². The number of aliphatic hydroxyl groups is 1. The molecule has 2 aromatic carbocycles. The van der Waals surface area contributed by atoms with Crippen LogP contribution in [0.2, 0.25) is 5.02 Å². The third-order valence-corrected chi connectivity index (χ3v) is 4.12. The summed E-state index contributed by atoms with van der Waals surface area (Å²) in [6.45, 7) is 2.08. The maximum absolute atomic E-state index is 14.4. The van der Waals surface area contributed by atoms with Crippen LogP contribution in [-0.2, 0) is 0 Å². The lowest BCUT2D eigenvalue weighted by molar-refractivity contribution is 0.200. The molecule has 3 rings (SSSR count). The highest BCUT2D eigenvalue weighted by Crippen LogP contribution is 2.22. The normalized spacial score (nSPS) is 10.2. The Bertz CT molecular complexity index is 1010. The zero-order valence-electron chi connectivity index (χ0n) is 14.7. The van der Waals surface area contributed by atoms with Crippen molar-refractivity contribution in [3.8, 4) is 28.7 Å². The number of aryl methyl sites for hydroxylation is 1. The van der Waals surface area contributed by atoms with Crippen molar-refractivity contribution >= 4 is 11.6 Å². The summed E-state index contributed by atoms with van der Waals surface area (Å²) >= 11 is 5.87. The molecule has 0 bridgehead atoms. The first-order chi connectivity index (χ1) is 13.1.